The number of ether oxygens (including phenoxy) is 2. The van der Waals surface area contributed by atoms with Gasteiger partial charge < -0.3 is 14.8 Å². The Bertz CT molecular complexity index is 680. The smallest absolute Gasteiger partial charge is 0.251 e. The molecular weight excluding hydrogens is 302 g/mol. The molecule has 0 aliphatic carbocycles. The molecule has 0 bridgehead atoms. The van der Waals surface area contributed by atoms with Crippen LogP contribution in [0.25, 0.3) is 0 Å². The lowest BCUT2D eigenvalue weighted by molar-refractivity contribution is 0.0934. The monoisotopic (exact) mass is 327 g/mol. The Morgan fingerprint density at radius 3 is 2.33 bits per heavy atom. The molecule has 0 fully saturated rings. The van der Waals surface area contributed by atoms with Crippen LogP contribution in [-0.4, -0.2) is 20.1 Å². The van der Waals surface area contributed by atoms with E-state index in [0.29, 0.717) is 5.56 Å². The lowest BCUT2D eigenvalue weighted by Gasteiger charge is -2.19. The number of methoxy groups -OCH3 is 2. The fourth-order valence-electron chi connectivity index (χ4n) is 2.71. The van der Waals surface area contributed by atoms with E-state index in [0.717, 1.165) is 35.5 Å². The molecule has 128 valence electrons. The minimum Gasteiger partial charge on any atom is -0.497 e. The molecule has 4 nitrogen and oxygen atoms in total. The molecule has 2 aromatic rings. The number of carbonyl (C=O) groups is 1. The van der Waals surface area contributed by atoms with E-state index in [1.54, 1.807) is 20.3 Å². The van der Waals surface area contributed by atoms with Crippen LogP contribution in [0.15, 0.2) is 42.5 Å². The van der Waals surface area contributed by atoms with Crippen LogP contribution >= 0.6 is 0 Å². The highest BCUT2D eigenvalue weighted by Crippen LogP contribution is 2.23. The third-order valence-electron chi connectivity index (χ3n) is 4.06. The second-order valence-electron chi connectivity index (χ2n) is 5.77. The maximum absolute atomic E-state index is 12.6. The zero-order chi connectivity index (χ0) is 17.5. The highest BCUT2D eigenvalue weighted by atomic mass is 16.5. The lowest BCUT2D eigenvalue weighted by atomic mass is 10.0. The van der Waals surface area contributed by atoms with E-state index >= 15 is 0 Å². The number of carbonyl (C=O) groups excluding carboxylic acids is 1. The third-order valence-corrected chi connectivity index (χ3v) is 4.06. The summed E-state index contributed by atoms with van der Waals surface area (Å²) in [6, 6.07) is 13.3. The highest BCUT2D eigenvalue weighted by Gasteiger charge is 2.16. The van der Waals surface area contributed by atoms with Crippen molar-refractivity contribution in [2.75, 3.05) is 14.2 Å². The van der Waals surface area contributed by atoms with Gasteiger partial charge in [0.15, 0.2) is 0 Å². The van der Waals surface area contributed by atoms with Gasteiger partial charge in [-0.05, 0) is 54.8 Å². The standard InChI is InChI=1S/C20H25NO3/c1-5-6-18(15-7-10-17(23-3)11-8-15)21-20(22)16-9-12-19(24-4)14(2)13-16/h7-13,18H,5-6H2,1-4H3,(H,21,22). The summed E-state index contributed by atoms with van der Waals surface area (Å²) in [5.41, 5.74) is 2.67. The number of nitrogens with one attached hydrogen (secondary N) is 1. The summed E-state index contributed by atoms with van der Waals surface area (Å²) in [6.45, 7) is 4.04. The predicted molar refractivity (Wildman–Crippen MR) is 95.8 cm³/mol. The van der Waals surface area contributed by atoms with Crippen molar-refractivity contribution in [3.05, 3.63) is 59.2 Å². The quantitative estimate of drug-likeness (QED) is 0.825. The van der Waals surface area contributed by atoms with Crippen molar-refractivity contribution in [3.8, 4) is 11.5 Å². The molecule has 2 rings (SSSR count). The second-order valence-corrected chi connectivity index (χ2v) is 5.77. The van der Waals surface area contributed by atoms with Crippen molar-refractivity contribution in [1.82, 2.24) is 5.32 Å². The fourth-order valence-corrected chi connectivity index (χ4v) is 2.71. The molecule has 0 saturated heterocycles. The molecule has 0 aromatic heterocycles. The summed E-state index contributed by atoms with van der Waals surface area (Å²) in [7, 11) is 3.27. The molecule has 0 aliphatic heterocycles. The van der Waals surface area contributed by atoms with Crippen LogP contribution in [-0.2, 0) is 0 Å². The number of aryl methyl sites for hydroxylation is 1. The van der Waals surface area contributed by atoms with Gasteiger partial charge in [-0.25, -0.2) is 0 Å². The minimum atomic E-state index is -0.0741. The Balaban J connectivity index is 2.16. The number of rotatable bonds is 7. The normalized spacial score (nSPS) is 11.7. The first-order chi connectivity index (χ1) is 11.6. The van der Waals surface area contributed by atoms with Gasteiger partial charge in [-0.15, -0.1) is 0 Å². The molecule has 0 aliphatic rings. The van der Waals surface area contributed by atoms with E-state index in [4.69, 9.17) is 9.47 Å². The van der Waals surface area contributed by atoms with Gasteiger partial charge in [0, 0.05) is 5.56 Å². The molecule has 1 unspecified atom stereocenters. The van der Waals surface area contributed by atoms with Gasteiger partial charge in [-0.2, -0.15) is 0 Å². The Morgan fingerprint density at radius 2 is 1.79 bits per heavy atom. The van der Waals surface area contributed by atoms with Crippen molar-refractivity contribution in [2.45, 2.75) is 32.7 Å². The Kier molecular flexibility index (Phi) is 6.24. The highest BCUT2D eigenvalue weighted by molar-refractivity contribution is 5.94. The zero-order valence-electron chi connectivity index (χ0n) is 14.8. The lowest BCUT2D eigenvalue weighted by Crippen LogP contribution is -2.28. The topological polar surface area (TPSA) is 47.6 Å². The van der Waals surface area contributed by atoms with E-state index in [2.05, 4.69) is 12.2 Å². The van der Waals surface area contributed by atoms with Crippen LogP contribution in [0.3, 0.4) is 0 Å². The molecule has 24 heavy (non-hydrogen) atoms. The van der Waals surface area contributed by atoms with Crippen LogP contribution in [0.4, 0.5) is 0 Å². The molecule has 4 heteroatoms. The van der Waals surface area contributed by atoms with Gasteiger partial charge >= 0.3 is 0 Å². The summed E-state index contributed by atoms with van der Waals surface area (Å²) in [6.07, 6.45) is 1.87. The van der Waals surface area contributed by atoms with Gasteiger partial charge in [0.1, 0.15) is 11.5 Å². The summed E-state index contributed by atoms with van der Waals surface area (Å²) in [5, 5.41) is 3.13. The number of amides is 1. The van der Waals surface area contributed by atoms with Crippen LogP contribution < -0.4 is 14.8 Å². The van der Waals surface area contributed by atoms with Crippen molar-refractivity contribution in [3.63, 3.8) is 0 Å². The number of benzene rings is 2. The van der Waals surface area contributed by atoms with Crippen LogP contribution in [0.1, 0.15) is 47.3 Å². The van der Waals surface area contributed by atoms with Crippen molar-refractivity contribution in [2.24, 2.45) is 0 Å². The first-order valence-corrected chi connectivity index (χ1v) is 8.18. The first kappa shape index (κ1) is 17.9. The zero-order valence-corrected chi connectivity index (χ0v) is 14.8. The van der Waals surface area contributed by atoms with Crippen molar-refractivity contribution in [1.29, 1.82) is 0 Å². The van der Waals surface area contributed by atoms with Crippen molar-refractivity contribution >= 4 is 5.91 Å². The van der Waals surface area contributed by atoms with Gasteiger partial charge in [-0.1, -0.05) is 25.5 Å². The maximum atomic E-state index is 12.6. The Labute approximate surface area is 143 Å². The third kappa shape index (κ3) is 4.28. The summed E-state index contributed by atoms with van der Waals surface area (Å²) in [4.78, 5) is 12.6. The van der Waals surface area contributed by atoms with E-state index in [9.17, 15) is 4.79 Å². The first-order valence-electron chi connectivity index (χ1n) is 8.18. The molecule has 1 N–H and O–H groups in total. The van der Waals surface area contributed by atoms with E-state index in [1.165, 1.54) is 0 Å². The average molecular weight is 327 g/mol. The van der Waals surface area contributed by atoms with Crippen LogP contribution in [0, 0.1) is 6.92 Å². The van der Waals surface area contributed by atoms with E-state index in [-0.39, 0.29) is 11.9 Å². The van der Waals surface area contributed by atoms with Gasteiger partial charge in [0.2, 0.25) is 0 Å². The Morgan fingerprint density at radius 1 is 1.08 bits per heavy atom. The Hall–Kier alpha value is -2.49. The molecule has 1 amide bonds. The second kappa shape index (κ2) is 8.39. The molecule has 0 radical (unpaired) electrons. The van der Waals surface area contributed by atoms with E-state index in [1.807, 2.05) is 43.3 Å². The SMILES string of the molecule is CCCC(NC(=O)c1ccc(OC)c(C)c1)c1ccc(OC)cc1. The summed E-state index contributed by atoms with van der Waals surface area (Å²) in [5.74, 6) is 1.52. The minimum absolute atomic E-state index is 0.0178. The summed E-state index contributed by atoms with van der Waals surface area (Å²) < 4.78 is 10.4. The predicted octanol–water partition coefficient (Wildman–Crippen LogP) is 4.28. The molecule has 0 saturated carbocycles. The molecule has 0 heterocycles. The molecule has 2 aromatic carbocycles. The molecule has 1 atom stereocenters. The largest absolute Gasteiger partial charge is 0.497 e. The average Bonchev–Trinajstić information content (AvgIpc) is 2.61. The van der Waals surface area contributed by atoms with Gasteiger partial charge in [0.05, 0.1) is 20.3 Å². The maximum Gasteiger partial charge on any atom is 0.251 e. The number of hydrogen-bond donors (Lipinski definition) is 1. The van der Waals surface area contributed by atoms with Gasteiger partial charge in [0.25, 0.3) is 5.91 Å². The fraction of sp³-hybridized carbons (Fsp3) is 0.350. The molecule has 0 spiro atoms. The summed E-state index contributed by atoms with van der Waals surface area (Å²) >= 11 is 0. The van der Waals surface area contributed by atoms with Crippen LogP contribution in [0.5, 0.6) is 11.5 Å². The van der Waals surface area contributed by atoms with Gasteiger partial charge in [-0.3, -0.25) is 4.79 Å². The van der Waals surface area contributed by atoms with Crippen LogP contribution in [0.2, 0.25) is 0 Å². The number of hydrogen-bond acceptors (Lipinski definition) is 3. The molecular formula is C20H25NO3. The van der Waals surface area contributed by atoms with E-state index < -0.39 is 0 Å². The van der Waals surface area contributed by atoms with Crippen molar-refractivity contribution < 1.29 is 14.3 Å².